The first-order valence-corrected chi connectivity index (χ1v) is 9.35. The Hall–Kier alpha value is -1.02. The summed E-state index contributed by atoms with van der Waals surface area (Å²) in [4.78, 5) is 21.2. The third-order valence-electron chi connectivity index (χ3n) is 4.86. The number of thiazole rings is 1. The quantitative estimate of drug-likeness (QED) is 0.882. The fourth-order valence-corrected chi connectivity index (χ4v) is 3.86. The van der Waals surface area contributed by atoms with Gasteiger partial charge < -0.3 is 10.1 Å². The monoisotopic (exact) mass is 338 g/mol. The zero-order valence-electron chi connectivity index (χ0n) is 13.7. The van der Waals surface area contributed by atoms with Crippen molar-refractivity contribution in [3.05, 3.63) is 11.6 Å². The molecule has 0 radical (unpaired) electrons. The van der Waals surface area contributed by atoms with Gasteiger partial charge in [0.1, 0.15) is 0 Å². The van der Waals surface area contributed by atoms with Gasteiger partial charge in [-0.1, -0.05) is 0 Å². The molecule has 2 aliphatic heterocycles. The molecule has 0 aliphatic carbocycles. The molecule has 0 saturated carbocycles. The second kappa shape index (κ2) is 8.19. The number of rotatable bonds is 5. The Morgan fingerprint density at radius 1 is 1.39 bits per heavy atom. The average Bonchev–Trinajstić information content (AvgIpc) is 3.09. The van der Waals surface area contributed by atoms with Crippen LogP contribution in [-0.2, 0) is 9.53 Å². The van der Waals surface area contributed by atoms with Gasteiger partial charge in [-0.25, -0.2) is 4.98 Å². The highest BCUT2D eigenvalue weighted by molar-refractivity contribution is 7.13. The van der Waals surface area contributed by atoms with Crippen molar-refractivity contribution in [3.8, 4) is 0 Å². The molecule has 128 valence electrons. The second-order valence-corrected chi connectivity index (χ2v) is 7.29. The van der Waals surface area contributed by atoms with E-state index in [1.54, 1.807) is 6.20 Å². The molecule has 2 aliphatic rings. The molecule has 6 nitrogen and oxygen atoms in total. The summed E-state index contributed by atoms with van der Waals surface area (Å²) in [6.45, 7) is 9.03. The van der Waals surface area contributed by atoms with Crippen molar-refractivity contribution < 1.29 is 9.53 Å². The van der Waals surface area contributed by atoms with E-state index in [9.17, 15) is 4.79 Å². The molecule has 2 saturated heterocycles. The summed E-state index contributed by atoms with van der Waals surface area (Å²) in [6, 6.07) is -0.0942. The van der Waals surface area contributed by atoms with Gasteiger partial charge in [-0.05, 0) is 38.8 Å². The SMILES string of the molecule is C[C@H](C(=O)Nc1nccs1)N1CCC(CN2CCOCC2)CC1. The van der Waals surface area contributed by atoms with Gasteiger partial charge in [-0.15, -0.1) is 11.3 Å². The smallest absolute Gasteiger partial charge is 0.243 e. The maximum atomic E-state index is 12.3. The Balaban J connectivity index is 1.41. The van der Waals surface area contributed by atoms with Gasteiger partial charge in [-0.3, -0.25) is 14.6 Å². The first-order valence-electron chi connectivity index (χ1n) is 8.47. The number of amides is 1. The number of piperidine rings is 1. The molecule has 1 aromatic rings. The summed E-state index contributed by atoms with van der Waals surface area (Å²) in [6.07, 6.45) is 4.06. The third-order valence-corrected chi connectivity index (χ3v) is 5.55. The van der Waals surface area contributed by atoms with Gasteiger partial charge in [0, 0.05) is 31.2 Å². The lowest BCUT2D eigenvalue weighted by atomic mass is 9.95. The topological polar surface area (TPSA) is 57.7 Å². The van der Waals surface area contributed by atoms with Crippen LogP contribution in [0.3, 0.4) is 0 Å². The minimum absolute atomic E-state index is 0.0478. The lowest BCUT2D eigenvalue weighted by molar-refractivity contribution is -0.121. The van der Waals surface area contributed by atoms with Gasteiger partial charge in [0.05, 0.1) is 19.3 Å². The Morgan fingerprint density at radius 2 is 2.13 bits per heavy atom. The number of aromatic nitrogens is 1. The molecule has 3 rings (SSSR count). The fraction of sp³-hybridized carbons (Fsp3) is 0.750. The zero-order valence-corrected chi connectivity index (χ0v) is 14.6. The van der Waals surface area contributed by atoms with Crippen LogP contribution in [0.25, 0.3) is 0 Å². The number of ether oxygens (including phenoxy) is 1. The molecule has 7 heteroatoms. The van der Waals surface area contributed by atoms with Crippen molar-refractivity contribution in [2.24, 2.45) is 5.92 Å². The Kier molecular flexibility index (Phi) is 5.99. The number of carbonyl (C=O) groups excluding carboxylic acids is 1. The van der Waals surface area contributed by atoms with Crippen LogP contribution in [0.15, 0.2) is 11.6 Å². The van der Waals surface area contributed by atoms with E-state index in [2.05, 4.69) is 20.1 Å². The summed E-state index contributed by atoms with van der Waals surface area (Å²) in [7, 11) is 0. The summed E-state index contributed by atoms with van der Waals surface area (Å²) in [5, 5.41) is 5.46. The molecule has 0 bridgehead atoms. The zero-order chi connectivity index (χ0) is 16.1. The number of morpholine rings is 1. The number of carbonyl (C=O) groups is 1. The van der Waals surface area contributed by atoms with Crippen molar-refractivity contribution in [3.63, 3.8) is 0 Å². The Labute approximate surface area is 141 Å². The number of nitrogens with zero attached hydrogens (tertiary/aromatic N) is 3. The maximum Gasteiger partial charge on any atom is 0.243 e. The highest BCUT2D eigenvalue weighted by Crippen LogP contribution is 2.21. The van der Waals surface area contributed by atoms with E-state index in [-0.39, 0.29) is 11.9 Å². The van der Waals surface area contributed by atoms with Crippen LogP contribution in [0.1, 0.15) is 19.8 Å². The van der Waals surface area contributed by atoms with Gasteiger partial charge in [0.15, 0.2) is 5.13 Å². The van der Waals surface area contributed by atoms with Gasteiger partial charge in [0.25, 0.3) is 0 Å². The molecule has 1 N–H and O–H groups in total. The highest BCUT2D eigenvalue weighted by atomic mass is 32.1. The lowest BCUT2D eigenvalue weighted by Gasteiger charge is -2.37. The van der Waals surface area contributed by atoms with Crippen LogP contribution in [0.5, 0.6) is 0 Å². The predicted molar refractivity (Wildman–Crippen MR) is 91.8 cm³/mol. The third kappa shape index (κ3) is 4.73. The first-order chi connectivity index (χ1) is 11.2. The van der Waals surface area contributed by atoms with Gasteiger partial charge >= 0.3 is 0 Å². The van der Waals surface area contributed by atoms with Crippen LogP contribution in [0.4, 0.5) is 5.13 Å². The average molecular weight is 338 g/mol. The standard InChI is InChI=1S/C16H26N4O2S/c1-13(15(21)18-16-17-4-11-23-16)20-5-2-14(3-6-20)12-19-7-9-22-10-8-19/h4,11,13-14H,2-3,5-10,12H2,1H3,(H,17,18,21)/t13-/m1/s1. The van der Waals surface area contributed by atoms with E-state index < -0.39 is 0 Å². The van der Waals surface area contributed by atoms with Crippen LogP contribution in [0.2, 0.25) is 0 Å². The van der Waals surface area contributed by atoms with Crippen LogP contribution >= 0.6 is 11.3 Å². The van der Waals surface area contributed by atoms with Crippen LogP contribution in [0, 0.1) is 5.92 Å². The molecule has 0 unspecified atom stereocenters. The molecule has 23 heavy (non-hydrogen) atoms. The molecule has 2 fully saturated rings. The van der Waals surface area contributed by atoms with Gasteiger partial charge in [0.2, 0.25) is 5.91 Å². The molecule has 1 atom stereocenters. The number of likely N-dealkylation sites (tertiary alicyclic amines) is 1. The largest absolute Gasteiger partial charge is 0.379 e. The van der Waals surface area contributed by atoms with Crippen molar-refractivity contribution in [1.29, 1.82) is 0 Å². The number of hydrogen-bond acceptors (Lipinski definition) is 6. The van der Waals surface area contributed by atoms with Crippen LogP contribution < -0.4 is 5.32 Å². The van der Waals surface area contributed by atoms with Crippen molar-refractivity contribution in [2.75, 3.05) is 51.3 Å². The number of hydrogen-bond donors (Lipinski definition) is 1. The van der Waals surface area contributed by atoms with Crippen molar-refractivity contribution in [1.82, 2.24) is 14.8 Å². The summed E-state index contributed by atoms with van der Waals surface area (Å²) in [5.41, 5.74) is 0. The minimum Gasteiger partial charge on any atom is -0.379 e. The van der Waals surface area contributed by atoms with E-state index in [1.165, 1.54) is 30.7 Å². The number of nitrogens with one attached hydrogen (secondary N) is 1. The van der Waals surface area contributed by atoms with E-state index in [4.69, 9.17) is 4.74 Å². The van der Waals surface area contributed by atoms with E-state index >= 15 is 0 Å². The molecular weight excluding hydrogens is 312 g/mol. The summed E-state index contributed by atoms with van der Waals surface area (Å²) in [5.74, 6) is 0.796. The fourth-order valence-electron chi connectivity index (χ4n) is 3.33. The summed E-state index contributed by atoms with van der Waals surface area (Å²) >= 11 is 1.46. The molecule has 0 spiro atoms. The second-order valence-electron chi connectivity index (χ2n) is 6.39. The molecule has 0 aromatic carbocycles. The van der Waals surface area contributed by atoms with E-state index in [0.717, 1.165) is 45.3 Å². The lowest BCUT2D eigenvalue weighted by Crippen LogP contribution is -2.48. The van der Waals surface area contributed by atoms with Crippen molar-refractivity contribution >= 4 is 22.4 Å². The molecule has 1 amide bonds. The van der Waals surface area contributed by atoms with E-state index in [1.807, 2.05) is 12.3 Å². The Bertz CT molecular complexity index is 482. The normalized spacial score (nSPS) is 22.8. The van der Waals surface area contributed by atoms with E-state index in [0.29, 0.717) is 5.13 Å². The van der Waals surface area contributed by atoms with Crippen molar-refractivity contribution in [2.45, 2.75) is 25.8 Å². The maximum absolute atomic E-state index is 12.3. The molecule has 3 heterocycles. The Morgan fingerprint density at radius 3 is 2.78 bits per heavy atom. The summed E-state index contributed by atoms with van der Waals surface area (Å²) < 4.78 is 5.41. The number of anilines is 1. The molecular formula is C16H26N4O2S. The molecule has 1 aromatic heterocycles. The first kappa shape index (κ1) is 16.8. The minimum atomic E-state index is -0.0942. The predicted octanol–water partition coefficient (Wildman–Crippen LogP) is 1.51. The highest BCUT2D eigenvalue weighted by Gasteiger charge is 2.28. The van der Waals surface area contributed by atoms with Gasteiger partial charge in [-0.2, -0.15) is 0 Å². The van der Waals surface area contributed by atoms with Crippen LogP contribution in [-0.4, -0.2) is 72.7 Å².